The number of aliphatic hydroxyl groups is 1. The molecule has 4 rings (SSSR count). The molecule has 0 aromatic heterocycles. The minimum absolute atomic E-state index is 0.139. The Bertz CT molecular complexity index is 803. The first-order valence-corrected chi connectivity index (χ1v) is 10.9. The van der Waals surface area contributed by atoms with Crippen molar-refractivity contribution >= 4 is 29.5 Å². The first kappa shape index (κ1) is 20.5. The number of carbonyl (C=O) groups is 3. The van der Waals surface area contributed by atoms with E-state index in [9.17, 15) is 19.5 Å². The molecule has 2 saturated heterocycles. The second-order valence-electron chi connectivity index (χ2n) is 9.20. The van der Waals surface area contributed by atoms with Crippen LogP contribution in [0.3, 0.4) is 0 Å². The number of carbonyl (C=O) groups excluding carboxylic acids is 3. The molecule has 0 saturated carbocycles. The lowest BCUT2D eigenvalue weighted by atomic mass is 9.78. The third-order valence-corrected chi connectivity index (χ3v) is 8.14. The van der Waals surface area contributed by atoms with Crippen LogP contribution in [0.4, 0.5) is 0 Å². The molecule has 6 atom stereocenters. The number of ether oxygens (including phenoxy) is 1. The number of thioether (sulfide) groups is 1. The van der Waals surface area contributed by atoms with Crippen LogP contribution in [0.15, 0.2) is 24.3 Å². The Morgan fingerprint density at radius 2 is 2.00 bits per heavy atom. The lowest BCUT2D eigenvalue weighted by Gasteiger charge is -2.41. The number of amides is 2. The van der Waals surface area contributed by atoms with Crippen molar-refractivity contribution in [1.82, 2.24) is 9.80 Å². The van der Waals surface area contributed by atoms with E-state index in [1.807, 2.05) is 45.1 Å². The Hall–Kier alpha value is -1.80. The zero-order chi connectivity index (χ0) is 21.1. The Morgan fingerprint density at radius 3 is 2.66 bits per heavy atom. The number of esters is 1. The molecular weight excluding hydrogens is 392 g/mol. The van der Waals surface area contributed by atoms with Crippen molar-refractivity contribution in [1.29, 1.82) is 0 Å². The smallest absolute Gasteiger partial charge is 0.311 e. The van der Waals surface area contributed by atoms with Gasteiger partial charge in [0.25, 0.3) is 0 Å². The Balaban J connectivity index is 1.88. The predicted molar refractivity (Wildman–Crippen MR) is 109 cm³/mol. The molecule has 8 heteroatoms. The summed E-state index contributed by atoms with van der Waals surface area (Å²) in [7, 11) is 0. The number of hydrogen-bond acceptors (Lipinski definition) is 6. The first-order valence-electron chi connectivity index (χ1n) is 10.1. The van der Waals surface area contributed by atoms with Gasteiger partial charge in [-0.15, -0.1) is 11.8 Å². The zero-order valence-corrected chi connectivity index (χ0v) is 18.0. The minimum atomic E-state index is -0.854. The molecule has 0 radical (unpaired) electrons. The van der Waals surface area contributed by atoms with Crippen molar-refractivity contribution < 1.29 is 24.2 Å². The Morgan fingerprint density at radius 1 is 1.28 bits per heavy atom. The van der Waals surface area contributed by atoms with E-state index in [1.54, 1.807) is 11.8 Å². The van der Waals surface area contributed by atoms with Gasteiger partial charge in [0.05, 0.1) is 29.2 Å². The van der Waals surface area contributed by atoms with Crippen molar-refractivity contribution in [3.8, 4) is 0 Å². The van der Waals surface area contributed by atoms with Gasteiger partial charge in [-0.1, -0.05) is 24.3 Å². The quantitative estimate of drug-likeness (QED) is 0.529. The van der Waals surface area contributed by atoms with Crippen LogP contribution in [0.2, 0.25) is 0 Å². The lowest BCUT2D eigenvalue weighted by molar-refractivity contribution is -0.152. The van der Waals surface area contributed by atoms with E-state index in [0.717, 1.165) is 0 Å². The molecule has 2 fully saturated rings. The van der Waals surface area contributed by atoms with Crippen molar-refractivity contribution in [2.75, 3.05) is 19.8 Å². The molecule has 4 aliphatic heterocycles. The summed E-state index contributed by atoms with van der Waals surface area (Å²) in [5.74, 6) is -2.11. The molecule has 0 aromatic carbocycles. The van der Waals surface area contributed by atoms with Gasteiger partial charge in [-0.2, -0.15) is 0 Å². The first-order chi connectivity index (χ1) is 13.6. The van der Waals surface area contributed by atoms with Crippen LogP contribution >= 0.6 is 11.8 Å². The highest BCUT2D eigenvalue weighted by Gasteiger charge is 2.71. The molecule has 7 nitrogen and oxygen atoms in total. The topological polar surface area (TPSA) is 87.2 Å². The highest BCUT2D eigenvalue weighted by atomic mass is 32.2. The maximum absolute atomic E-state index is 13.8. The molecule has 0 aliphatic carbocycles. The molecule has 158 valence electrons. The van der Waals surface area contributed by atoms with Gasteiger partial charge in [0, 0.05) is 17.3 Å². The van der Waals surface area contributed by atoms with Crippen molar-refractivity contribution in [3.63, 3.8) is 0 Å². The van der Waals surface area contributed by atoms with E-state index in [0.29, 0.717) is 6.54 Å². The Labute approximate surface area is 175 Å². The van der Waals surface area contributed by atoms with Gasteiger partial charge in [0.2, 0.25) is 11.8 Å². The highest BCUT2D eigenvalue weighted by molar-refractivity contribution is 8.02. The normalized spacial score (nSPS) is 37.6. The third kappa shape index (κ3) is 2.86. The van der Waals surface area contributed by atoms with Crippen LogP contribution in [-0.4, -0.2) is 80.1 Å². The maximum atomic E-state index is 13.8. The zero-order valence-electron chi connectivity index (χ0n) is 17.2. The van der Waals surface area contributed by atoms with Crippen molar-refractivity contribution in [3.05, 3.63) is 24.3 Å². The second-order valence-corrected chi connectivity index (χ2v) is 10.7. The summed E-state index contributed by atoms with van der Waals surface area (Å²) >= 11 is 1.51. The summed E-state index contributed by atoms with van der Waals surface area (Å²) in [6.45, 7) is 8.04. The molecule has 2 amide bonds. The van der Waals surface area contributed by atoms with Crippen LogP contribution in [0, 0.1) is 11.8 Å². The van der Waals surface area contributed by atoms with Crippen LogP contribution in [-0.2, 0) is 19.1 Å². The fourth-order valence-corrected chi connectivity index (χ4v) is 7.06. The van der Waals surface area contributed by atoms with E-state index in [-0.39, 0.29) is 30.3 Å². The molecule has 1 unspecified atom stereocenters. The second kappa shape index (κ2) is 6.87. The van der Waals surface area contributed by atoms with Gasteiger partial charge >= 0.3 is 5.97 Å². The van der Waals surface area contributed by atoms with Gasteiger partial charge in [-0.25, -0.2) is 0 Å². The molecule has 29 heavy (non-hydrogen) atoms. The maximum Gasteiger partial charge on any atom is 0.311 e. The average Bonchev–Trinajstić information content (AvgIpc) is 2.95. The number of fused-ring (bicyclic) bond motifs is 2. The fraction of sp³-hybridized carbons (Fsp3) is 0.667. The minimum Gasteiger partial charge on any atom is -0.461 e. The predicted octanol–water partition coefficient (Wildman–Crippen LogP) is 0.974. The average molecular weight is 421 g/mol. The van der Waals surface area contributed by atoms with Crippen LogP contribution in [0.5, 0.6) is 0 Å². The van der Waals surface area contributed by atoms with Crippen LogP contribution in [0.25, 0.3) is 0 Å². The number of aliphatic hydroxyl groups excluding tert-OH is 1. The number of hydrogen-bond donors (Lipinski definition) is 1. The lowest BCUT2D eigenvalue weighted by Crippen LogP contribution is -2.59. The van der Waals surface area contributed by atoms with Crippen molar-refractivity contribution in [2.45, 2.75) is 55.3 Å². The largest absolute Gasteiger partial charge is 0.461 e. The van der Waals surface area contributed by atoms with E-state index in [2.05, 4.69) is 0 Å². The summed E-state index contributed by atoms with van der Waals surface area (Å²) in [6.07, 6.45) is 7.66. The SMILES string of the molecule is C[C@H](CO)N1C(=O)[C@@H]2[C@H]3C(=O)OCC=C[C@H]3S[C@@]23C=CCN(C(C)(C)C)C(=O)C13. The van der Waals surface area contributed by atoms with Gasteiger partial charge in [0.15, 0.2) is 0 Å². The molecule has 4 heterocycles. The number of likely N-dealkylation sites (tertiary alicyclic amines) is 1. The van der Waals surface area contributed by atoms with Gasteiger partial charge in [-0.3, -0.25) is 14.4 Å². The molecule has 1 N–H and O–H groups in total. The van der Waals surface area contributed by atoms with Gasteiger partial charge in [0.1, 0.15) is 12.6 Å². The summed E-state index contributed by atoms with van der Waals surface area (Å²) < 4.78 is 4.47. The van der Waals surface area contributed by atoms with E-state index in [4.69, 9.17) is 4.74 Å². The summed E-state index contributed by atoms with van der Waals surface area (Å²) in [6, 6.07) is -1.29. The Kier molecular flexibility index (Phi) is 4.85. The fourth-order valence-electron chi connectivity index (χ4n) is 5.07. The van der Waals surface area contributed by atoms with E-state index >= 15 is 0 Å². The number of cyclic esters (lactones) is 1. The van der Waals surface area contributed by atoms with Crippen molar-refractivity contribution in [2.24, 2.45) is 11.8 Å². The molecular formula is C21H28N2O5S. The number of nitrogens with zero attached hydrogens (tertiary/aromatic N) is 2. The summed E-state index contributed by atoms with van der Waals surface area (Å²) in [5, 5.41) is 9.61. The van der Waals surface area contributed by atoms with Gasteiger partial charge in [-0.05, 0) is 27.7 Å². The standard InChI is InChI=1S/C21H28N2O5S/c1-12(11-24)23-16-18(26)22(20(2,3)4)9-6-8-21(16)15(17(23)25)14-13(29-21)7-5-10-28-19(14)27/h5-8,12-16,24H,9-11H2,1-4H3/t12-,13-,14+,15+,16?,21+/m1/s1. The van der Waals surface area contributed by atoms with Crippen LogP contribution in [0.1, 0.15) is 27.7 Å². The third-order valence-electron chi connectivity index (χ3n) is 6.40. The van der Waals surface area contributed by atoms with E-state index in [1.165, 1.54) is 16.7 Å². The molecule has 0 bridgehead atoms. The summed E-state index contributed by atoms with van der Waals surface area (Å²) in [5.41, 5.74) is -0.422. The summed E-state index contributed by atoms with van der Waals surface area (Å²) in [4.78, 5) is 43.5. The molecule has 4 aliphatic rings. The van der Waals surface area contributed by atoms with Crippen LogP contribution < -0.4 is 0 Å². The molecule has 0 aromatic rings. The van der Waals surface area contributed by atoms with Gasteiger partial charge < -0.3 is 19.6 Å². The van der Waals surface area contributed by atoms with E-state index < -0.39 is 40.2 Å². The molecule has 1 spiro atoms. The monoisotopic (exact) mass is 420 g/mol. The number of rotatable bonds is 2. The highest BCUT2D eigenvalue weighted by Crippen LogP contribution is 2.61.